The molecule has 0 radical (unpaired) electrons. The zero-order valence-electron chi connectivity index (χ0n) is 20.1. The van der Waals surface area contributed by atoms with Crippen LogP contribution in [0, 0.1) is 0 Å². The summed E-state index contributed by atoms with van der Waals surface area (Å²) in [7, 11) is 0. The normalized spacial score (nSPS) is 17.3. The number of carbonyl (C=O) groups excluding carboxylic acids is 3. The zero-order chi connectivity index (χ0) is 25.1. The lowest BCUT2D eigenvalue weighted by Crippen LogP contribution is -2.47. The molecule has 1 heterocycles. The summed E-state index contributed by atoms with van der Waals surface area (Å²) in [5.74, 6) is -0.745. The Hall–Kier alpha value is -4.45. The van der Waals surface area contributed by atoms with Gasteiger partial charge in [-0.1, -0.05) is 97.1 Å². The van der Waals surface area contributed by atoms with Gasteiger partial charge in [0, 0.05) is 18.4 Å². The lowest BCUT2D eigenvalue weighted by Gasteiger charge is -2.28. The number of urea groups is 1. The van der Waals surface area contributed by atoms with E-state index in [1.807, 2.05) is 110 Å². The predicted molar refractivity (Wildman–Crippen MR) is 140 cm³/mol. The molecule has 0 aromatic heterocycles. The van der Waals surface area contributed by atoms with E-state index in [1.54, 1.807) is 4.90 Å². The second-order valence-electron chi connectivity index (χ2n) is 8.89. The highest BCUT2D eigenvalue weighted by Gasteiger charge is 2.53. The number of nitrogens with zero attached hydrogens (tertiary/aromatic N) is 2. The van der Waals surface area contributed by atoms with Crippen molar-refractivity contribution in [1.29, 1.82) is 0 Å². The number of carbonyl (C=O) groups is 3. The lowest BCUT2D eigenvalue weighted by molar-refractivity contribution is -0.134. The number of likely N-dealkylation sites (N-methyl/N-ethyl adjacent to an activating group) is 1. The molecule has 0 spiro atoms. The molecular weight excluding hydrogens is 450 g/mol. The molecule has 0 aliphatic carbocycles. The number of hydrogen-bond acceptors (Lipinski definition) is 3. The Morgan fingerprint density at radius 3 is 2.19 bits per heavy atom. The average Bonchev–Trinajstić information content (AvgIpc) is 3.15. The molecule has 4 aromatic carbocycles. The van der Waals surface area contributed by atoms with E-state index in [9.17, 15) is 14.4 Å². The molecule has 0 saturated carbocycles. The number of amides is 4. The summed E-state index contributed by atoms with van der Waals surface area (Å²) in [5, 5.41) is 4.89. The molecule has 6 heteroatoms. The zero-order valence-corrected chi connectivity index (χ0v) is 20.1. The fourth-order valence-corrected chi connectivity index (χ4v) is 4.96. The summed E-state index contributed by atoms with van der Waals surface area (Å²) >= 11 is 0. The molecule has 36 heavy (non-hydrogen) atoms. The van der Waals surface area contributed by atoms with Crippen LogP contribution in [0.1, 0.15) is 18.1 Å². The van der Waals surface area contributed by atoms with Crippen LogP contribution in [0.3, 0.4) is 0 Å². The summed E-state index contributed by atoms with van der Waals surface area (Å²) in [4.78, 5) is 43.3. The van der Waals surface area contributed by atoms with Crippen molar-refractivity contribution in [2.75, 3.05) is 18.0 Å². The topological polar surface area (TPSA) is 69.7 Å². The van der Waals surface area contributed by atoms with E-state index in [0.717, 1.165) is 26.9 Å². The Balaban J connectivity index is 1.47. The maximum Gasteiger partial charge on any atom is 0.325 e. The van der Waals surface area contributed by atoms with Gasteiger partial charge in [0.25, 0.3) is 5.91 Å². The van der Waals surface area contributed by atoms with Crippen molar-refractivity contribution in [3.63, 3.8) is 0 Å². The minimum Gasteiger partial charge on any atom is -0.319 e. The molecule has 0 bridgehead atoms. The maximum absolute atomic E-state index is 13.9. The standard InChI is InChI=1S/C30H27N3O3/c1-2-32(26-19-11-15-23-14-9-10-18-25(23)26)27(34)21-33-28(35)30(31-29(33)36,24-16-7-4-8-17-24)20-22-12-5-3-6-13-22/h3-19H,2,20-21H2,1H3,(H,31,36). The third kappa shape index (κ3) is 4.11. The quantitative estimate of drug-likeness (QED) is 0.386. The van der Waals surface area contributed by atoms with Gasteiger partial charge in [-0.05, 0) is 29.5 Å². The van der Waals surface area contributed by atoms with Gasteiger partial charge in [-0.15, -0.1) is 0 Å². The molecule has 1 saturated heterocycles. The Morgan fingerprint density at radius 2 is 1.47 bits per heavy atom. The van der Waals surface area contributed by atoms with E-state index in [1.165, 1.54) is 0 Å². The molecule has 6 nitrogen and oxygen atoms in total. The third-order valence-corrected chi connectivity index (χ3v) is 6.72. The SMILES string of the molecule is CCN(C(=O)CN1C(=O)NC(Cc2ccccc2)(c2ccccc2)C1=O)c1cccc2ccccc12. The fourth-order valence-electron chi connectivity index (χ4n) is 4.96. The molecule has 180 valence electrons. The predicted octanol–water partition coefficient (Wildman–Crippen LogP) is 4.88. The van der Waals surface area contributed by atoms with Gasteiger partial charge in [0.1, 0.15) is 6.54 Å². The first kappa shape index (κ1) is 23.3. The van der Waals surface area contributed by atoms with Crippen molar-refractivity contribution in [1.82, 2.24) is 10.2 Å². The Morgan fingerprint density at radius 1 is 0.833 bits per heavy atom. The molecular formula is C30H27N3O3. The van der Waals surface area contributed by atoms with Crippen molar-refractivity contribution in [3.05, 3.63) is 114 Å². The van der Waals surface area contributed by atoms with Crippen LogP contribution in [-0.2, 0) is 21.5 Å². The van der Waals surface area contributed by atoms with Crippen LogP contribution < -0.4 is 10.2 Å². The molecule has 1 fully saturated rings. The number of hydrogen-bond donors (Lipinski definition) is 1. The first-order chi connectivity index (χ1) is 17.5. The first-order valence-corrected chi connectivity index (χ1v) is 12.0. The maximum atomic E-state index is 13.9. The summed E-state index contributed by atoms with van der Waals surface area (Å²) in [6, 6.07) is 31.8. The van der Waals surface area contributed by atoms with Gasteiger partial charge in [0.2, 0.25) is 5.91 Å². The minimum absolute atomic E-state index is 0.286. The summed E-state index contributed by atoms with van der Waals surface area (Å²) in [6.45, 7) is 1.95. The fraction of sp³-hybridized carbons (Fsp3) is 0.167. The number of rotatable bonds is 7. The van der Waals surface area contributed by atoms with Crippen molar-refractivity contribution in [3.8, 4) is 0 Å². The molecule has 5 rings (SSSR count). The second kappa shape index (κ2) is 9.66. The Bertz CT molecular complexity index is 1420. The van der Waals surface area contributed by atoms with Gasteiger partial charge in [0.05, 0.1) is 5.69 Å². The molecule has 1 atom stereocenters. The van der Waals surface area contributed by atoms with Gasteiger partial charge < -0.3 is 10.2 Å². The number of imide groups is 1. The molecule has 1 unspecified atom stereocenters. The molecule has 4 aromatic rings. The highest BCUT2D eigenvalue weighted by molar-refractivity contribution is 6.12. The molecule has 1 N–H and O–H groups in total. The number of benzene rings is 4. The summed E-state index contributed by atoms with van der Waals surface area (Å²) in [5.41, 5.74) is 1.07. The summed E-state index contributed by atoms with van der Waals surface area (Å²) < 4.78 is 0. The molecule has 4 amide bonds. The van der Waals surface area contributed by atoms with Gasteiger partial charge in [-0.3, -0.25) is 14.5 Å². The third-order valence-electron chi connectivity index (χ3n) is 6.72. The second-order valence-corrected chi connectivity index (χ2v) is 8.89. The molecule has 1 aliphatic rings. The van der Waals surface area contributed by atoms with Crippen molar-refractivity contribution < 1.29 is 14.4 Å². The highest BCUT2D eigenvalue weighted by atomic mass is 16.2. The van der Waals surface area contributed by atoms with Crippen LogP contribution in [0.2, 0.25) is 0 Å². The Kier molecular flexibility index (Phi) is 6.25. The number of nitrogens with one attached hydrogen (secondary N) is 1. The van der Waals surface area contributed by atoms with Crippen molar-refractivity contribution in [2.45, 2.75) is 18.9 Å². The van der Waals surface area contributed by atoms with E-state index < -0.39 is 17.5 Å². The Labute approximate surface area is 210 Å². The van der Waals surface area contributed by atoms with E-state index in [0.29, 0.717) is 12.1 Å². The number of fused-ring (bicyclic) bond motifs is 1. The molecule has 1 aliphatic heterocycles. The summed E-state index contributed by atoms with van der Waals surface area (Å²) in [6.07, 6.45) is 0.286. The van der Waals surface area contributed by atoms with Gasteiger partial charge in [0.15, 0.2) is 5.54 Å². The van der Waals surface area contributed by atoms with Crippen LogP contribution in [0.25, 0.3) is 10.8 Å². The van der Waals surface area contributed by atoms with Gasteiger partial charge in [-0.25, -0.2) is 4.79 Å². The van der Waals surface area contributed by atoms with Crippen LogP contribution in [0.4, 0.5) is 10.5 Å². The van der Waals surface area contributed by atoms with Crippen LogP contribution in [0.5, 0.6) is 0 Å². The minimum atomic E-state index is -1.28. The van der Waals surface area contributed by atoms with E-state index in [2.05, 4.69) is 5.32 Å². The largest absolute Gasteiger partial charge is 0.325 e. The van der Waals surface area contributed by atoms with E-state index in [-0.39, 0.29) is 18.9 Å². The average molecular weight is 478 g/mol. The smallest absolute Gasteiger partial charge is 0.319 e. The van der Waals surface area contributed by atoms with E-state index >= 15 is 0 Å². The van der Waals surface area contributed by atoms with E-state index in [4.69, 9.17) is 0 Å². The van der Waals surface area contributed by atoms with Gasteiger partial charge in [-0.2, -0.15) is 0 Å². The van der Waals surface area contributed by atoms with Crippen LogP contribution in [0.15, 0.2) is 103 Å². The first-order valence-electron chi connectivity index (χ1n) is 12.0. The van der Waals surface area contributed by atoms with Crippen molar-refractivity contribution >= 4 is 34.3 Å². The van der Waals surface area contributed by atoms with Crippen LogP contribution in [-0.4, -0.2) is 35.8 Å². The monoisotopic (exact) mass is 477 g/mol. The van der Waals surface area contributed by atoms with Crippen LogP contribution >= 0.6 is 0 Å². The number of anilines is 1. The van der Waals surface area contributed by atoms with Gasteiger partial charge >= 0.3 is 6.03 Å². The van der Waals surface area contributed by atoms with Crippen molar-refractivity contribution in [2.24, 2.45) is 0 Å². The lowest BCUT2D eigenvalue weighted by atomic mass is 9.83. The highest BCUT2D eigenvalue weighted by Crippen LogP contribution is 2.33.